The highest BCUT2D eigenvalue weighted by molar-refractivity contribution is 7.89. The number of hydrogen-bond donors (Lipinski definition) is 5. The normalized spacial score (nSPS) is 17.0. The fraction of sp³-hybridized carbons (Fsp3) is 0.483. The lowest BCUT2D eigenvalue weighted by Gasteiger charge is -2.37. The lowest BCUT2D eigenvalue weighted by atomic mass is 9.99. The minimum Gasteiger partial charge on any atom is -0.478 e. The first-order valence-electron chi connectivity index (χ1n) is 14.4. The lowest BCUT2D eigenvalue weighted by molar-refractivity contribution is -0.179. The van der Waals surface area contributed by atoms with E-state index in [2.05, 4.69) is 30.8 Å². The Balaban J connectivity index is 1.81. The number of nitrogens with zero attached hydrogens (tertiary/aromatic N) is 2. The number of esters is 1. The Morgan fingerprint density at radius 1 is 1.00 bits per heavy atom. The van der Waals surface area contributed by atoms with E-state index in [1.807, 2.05) is 0 Å². The second-order valence-corrected chi connectivity index (χ2v) is 15.6. The molecule has 1 aromatic carbocycles. The van der Waals surface area contributed by atoms with Crippen molar-refractivity contribution in [2.45, 2.75) is 89.2 Å². The van der Waals surface area contributed by atoms with Crippen LogP contribution in [-0.4, -0.2) is 89.5 Å². The average Bonchev–Trinajstić information content (AvgIpc) is 3.39. The second-order valence-electron chi connectivity index (χ2n) is 13.0. The van der Waals surface area contributed by atoms with E-state index in [4.69, 9.17) is 19.4 Å². The first-order valence-corrected chi connectivity index (χ1v) is 16.7. The van der Waals surface area contributed by atoms with Crippen LogP contribution in [0.1, 0.15) is 71.4 Å². The zero-order chi connectivity index (χ0) is 36.2. The van der Waals surface area contributed by atoms with Gasteiger partial charge in [-0.25, -0.2) is 32.5 Å². The molecule has 1 aliphatic rings. The van der Waals surface area contributed by atoms with Crippen molar-refractivity contribution in [1.29, 1.82) is 0 Å². The quantitative estimate of drug-likeness (QED) is 0.0920. The number of anilines is 1. The number of carbonyl (C=O) groups is 5. The first kappa shape index (κ1) is 37.8. The van der Waals surface area contributed by atoms with Gasteiger partial charge in [-0.2, -0.15) is 0 Å². The molecule has 0 bridgehead atoms. The molecule has 0 aliphatic carbocycles. The van der Waals surface area contributed by atoms with Crippen LogP contribution in [0.2, 0.25) is 0 Å². The van der Waals surface area contributed by atoms with E-state index in [-0.39, 0.29) is 27.8 Å². The number of nitrogens with one attached hydrogen (secondary N) is 4. The van der Waals surface area contributed by atoms with Gasteiger partial charge >= 0.3 is 18.0 Å². The number of aromatic carboxylic acids is 1. The zero-order valence-corrected chi connectivity index (χ0v) is 29.1. The smallest absolute Gasteiger partial charge is 0.413 e. The average molecular weight is 711 g/mol. The van der Waals surface area contributed by atoms with Crippen LogP contribution in [0.25, 0.3) is 0 Å². The molecule has 2 atom stereocenters. The van der Waals surface area contributed by atoms with Crippen molar-refractivity contribution in [1.82, 2.24) is 20.3 Å². The Morgan fingerprint density at radius 2 is 1.60 bits per heavy atom. The predicted molar refractivity (Wildman–Crippen MR) is 172 cm³/mol. The maximum Gasteiger partial charge on any atom is 0.413 e. The number of benzene rings is 1. The zero-order valence-electron chi connectivity index (χ0n) is 27.5. The Bertz CT molecular complexity index is 1710. The number of aromatic nitrogens is 1. The van der Waals surface area contributed by atoms with Crippen LogP contribution >= 0.6 is 11.3 Å². The molecule has 262 valence electrons. The van der Waals surface area contributed by atoms with Crippen molar-refractivity contribution in [2.24, 2.45) is 5.16 Å². The summed E-state index contributed by atoms with van der Waals surface area (Å²) in [4.78, 5) is 71.5. The molecule has 1 aliphatic heterocycles. The van der Waals surface area contributed by atoms with Gasteiger partial charge in [0, 0.05) is 11.9 Å². The number of carbonyl (C=O) groups excluding carboxylic acids is 4. The number of carboxylic acids is 1. The Hall–Kier alpha value is -4.62. The van der Waals surface area contributed by atoms with E-state index in [1.165, 1.54) is 19.2 Å². The van der Waals surface area contributed by atoms with E-state index in [9.17, 15) is 32.4 Å². The van der Waals surface area contributed by atoms with Crippen molar-refractivity contribution >= 4 is 62.0 Å². The molecule has 0 saturated carbocycles. The third-order valence-electron chi connectivity index (χ3n) is 6.03. The molecule has 17 nitrogen and oxygen atoms in total. The van der Waals surface area contributed by atoms with Crippen molar-refractivity contribution in [3.63, 3.8) is 0 Å². The number of sulfonamides is 1. The molecule has 48 heavy (non-hydrogen) atoms. The number of β-lactam (4-membered cyclic amide) rings is 1. The molecule has 0 unspecified atom stereocenters. The maximum absolute atomic E-state index is 13.5. The van der Waals surface area contributed by atoms with Gasteiger partial charge in [-0.3, -0.25) is 14.9 Å². The molecule has 2 aromatic rings. The van der Waals surface area contributed by atoms with Crippen LogP contribution in [0.3, 0.4) is 0 Å². The molecule has 3 amide bonds. The minimum absolute atomic E-state index is 0.0382. The molecule has 3 rings (SSSR count). The maximum atomic E-state index is 13.5. The Kier molecular flexibility index (Phi) is 11.2. The number of amides is 3. The highest BCUT2D eigenvalue weighted by atomic mass is 32.2. The molecule has 1 saturated heterocycles. The summed E-state index contributed by atoms with van der Waals surface area (Å²) in [6.45, 7) is 12.4. The van der Waals surface area contributed by atoms with Crippen molar-refractivity contribution < 1.29 is 51.8 Å². The molecular weight excluding hydrogens is 672 g/mol. The Morgan fingerprint density at radius 3 is 2.15 bits per heavy atom. The third kappa shape index (κ3) is 10.4. The highest BCUT2D eigenvalue weighted by Gasteiger charge is 2.42. The number of oxime groups is 1. The van der Waals surface area contributed by atoms with Gasteiger partial charge in [-0.05, 0) is 79.7 Å². The van der Waals surface area contributed by atoms with Gasteiger partial charge in [-0.1, -0.05) is 5.16 Å². The molecule has 2 heterocycles. The van der Waals surface area contributed by atoms with Gasteiger partial charge in [0.25, 0.3) is 5.91 Å². The largest absolute Gasteiger partial charge is 0.478 e. The summed E-state index contributed by atoms with van der Waals surface area (Å²) >= 11 is 0.928. The molecule has 19 heteroatoms. The fourth-order valence-corrected chi connectivity index (χ4v) is 5.42. The number of ether oxygens (including phenoxy) is 2. The van der Waals surface area contributed by atoms with Crippen LogP contribution < -0.4 is 20.7 Å². The summed E-state index contributed by atoms with van der Waals surface area (Å²) < 4.78 is 38.4. The van der Waals surface area contributed by atoms with Gasteiger partial charge in [0.15, 0.2) is 10.8 Å². The van der Waals surface area contributed by atoms with Crippen LogP contribution in [-0.2, 0) is 38.7 Å². The van der Waals surface area contributed by atoms with E-state index < -0.39 is 74.5 Å². The van der Waals surface area contributed by atoms with Crippen LogP contribution in [0, 0.1) is 0 Å². The summed E-state index contributed by atoms with van der Waals surface area (Å²) in [5, 5.41) is 21.8. The standard InChI is InChI=1S/C29H38N6O11S2/c1-27(2,3)44-24(40)29(7,8)46-35-20(18-14-47-25(32-18)34-26(41)45-28(4,5)6)22(37)33-19-17(31-21(19)36)13-30-48(42,43)16-11-9-15(10-12-16)23(38)39/h9-12,14,17,19,30H,13H2,1-8H3,(H,31,36)(H,33,37)(H,38,39)(H,32,34,41)/b35-20-/t17-,19+/m1/s1. The van der Waals surface area contributed by atoms with Crippen LogP contribution in [0.5, 0.6) is 0 Å². The molecule has 1 fully saturated rings. The number of thiazole rings is 1. The molecule has 1 aromatic heterocycles. The summed E-state index contributed by atoms with van der Waals surface area (Å²) in [6, 6.07) is 2.37. The van der Waals surface area contributed by atoms with Gasteiger partial charge in [0.2, 0.25) is 21.5 Å². The number of rotatable bonds is 12. The number of carboxylic acid groups (broad SMARTS) is 1. The van der Waals surface area contributed by atoms with Gasteiger partial charge in [0.1, 0.15) is 22.9 Å². The Labute approximate surface area is 280 Å². The van der Waals surface area contributed by atoms with E-state index >= 15 is 0 Å². The van der Waals surface area contributed by atoms with Crippen LogP contribution in [0.15, 0.2) is 39.7 Å². The molecule has 0 spiro atoms. The van der Waals surface area contributed by atoms with Gasteiger partial charge < -0.3 is 30.1 Å². The van der Waals surface area contributed by atoms with E-state index in [0.717, 1.165) is 35.6 Å². The lowest BCUT2D eigenvalue weighted by Crippen LogP contribution is -2.72. The SMILES string of the molecule is CC(C)(C)OC(=O)Nc1nc(/C(=N/OC(C)(C)C(=O)OC(C)(C)C)C(=O)N[C@@H]2C(=O)N[C@@H]2CNS(=O)(=O)c2ccc(C(=O)O)cc2)cs1. The summed E-state index contributed by atoms with van der Waals surface area (Å²) in [5.41, 5.74) is -4.00. The predicted octanol–water partition coefficient (Wildman–Crippen LogP) is 1.99. The van der Waals surface area contributed by atoms with Crippen molar-refractivity contribution in [3.05, 3.63) is 40.9 Å². The third-order valence-corrected chi connectivity index (χ3v) is 8.23. The van der Waals surface area contributed by atoms with E-state index in [0.29, 0.717) is 0 Å². The summed E-state index contributed by atoms with van der Waals surface area (Å²) in [7, 11) is -4.12. The van der Waals surface area contributed by atoms with E-state index in [1.54, 1.807) is 41.5 Å². The first-order chi connectivity index (χ1) is 22.0. The summed E-state index contributed by atoms with van der Waals surface area (Å²) in [5.74, 6) is -3.61. The van der Waals surface area contributed by atoms with Crippen molar-refractivity contribution in [2.75, 3.05) is 11.9 Å². The second kappa shape index (κ2) is 14.2. The number of hydrogen-bond acceptors (Lipinski definition) is 13. The van der Waals surface area contributed by atoms with Gasteiger partial charge in [-0.15, -0.1) is 11.3 Å². The van der Waals surface area contributed by atoms with Crippen LogP contribution in [0.4, 0.5) is 9.93 Å². The monoisotopic (exact) mass is 710 g/mol. The molecule has 0 radical (unpaired) electrons. The topological polar surface area (TPSA) is 241 Å². The van der Waals surface area contributed by atoms with Gasteiger partial charge in [0.05, 0.1) is 16.5 Å². The highest BCUT2D eigenvalue weighted by Crippen LogP contribution is 2.21. The van der Waals surface area contributed by atoms with Crippen molar-refractivity contribution in [3.8, 4) is 0 Å². The molecule has 5 N–H and O–H groups in total. The summed E-state index contributed by atoms with van der Waals surface area (Å²) in [6.07, 6.45) is -0.803. The molecular formula is C29H38N6O11S2. The minimum atomic E-state index is -4.12. The fourth-order valence-electron chi connectivity index (χ4n) is 3.68.